The van der Waals surface area contributed by atoms with Crippen molar-refractivity contribution in [3.8, 4) is 0 Å². The number of thiazole rings is 1. The fraction of sp³-hybridized carbons (Fsp3) is 0.455. The second kappa shape index (κ2) is 5.23. The third kappa shape index (κ3) is 2.90. The van der Waals surface area contributed by atoms with Crippen molar-refractivity contribution in [2.75, 3.05) is 33.0 Å². The maximum Gasteiger partial charge on any atom is 0.201 e. The van der Waals surface area contributed by atoms with Gasteiger partial charge in [0, 0.05) is 19.2 Å². The van der Waals surface area contributed by atoms with Crippen LogP contribution in [-0.2, 0) is 0 Å². The Balaban J connectivity index is 2.87. The number of hydrogen-bond acceptors (Lipinski definition) is 5. The van der Waals surface area contributed by atoms with Gasteiger partial charge >= 0.3 is 0 Å². The number of carbonyl (C=O) groups is 1. The number of carbonyl (C=O) groups excluding carboxylic acids is 1. The zero-order chi connectivity index (χ0) is 12.3. The van der Waals surface area contributed by atoms with E-state index in [1.165, 1.54) is 11.3 Å². The summed E-state index contributed by atoms with van der Waals surface area (Å²) in [7, 11) is 5.62. The van der Waals surface area contributed by atoms with Crippen LogP contribution in [0.25, 0.3) is 0 Å². The summed E-state index contributed by atoms with van der Waals surface area (Å²) in [6.45, 7) is 6.23. The molecular formula is C11H17N3OS. The molecule has 0 radical (unpaired) electrons. The topological polar surface area (TPSA) is 45.2 Å². The molecule has 0 fully saturated rings. The summed E-state index contributed by atoms with van der Waals surface area (Å²) < 4.78 is 0. The molecule has 4 nitrogen and oxygen atoms in total. The van der Waals surface area contributed by atoms with Crippen LogP contribution in [0, 0.1) is 6.92 Å². The van der Waals surface area contributed by atoms with Gasteiger partial charge in [0.2, 0.25) is 5.78 Å². The normalized spacial score (nSPS) is 10.6. The molecule has 0 spiro atoms. The zero-order valence-corrected chi connectivity index (χ0v) is 10.9. The van der Waals surface area contributed by atoms with Crippen molar-refractivity contribution >= 4 is 22.3 Å². The van der Waals surface area contributed by atoms with E-state index in [4.69, 9.17) is 0 Å². The molecule has 0 saturated carbocycles. The number of aryl methyl sites for hydroxylation is 1. The number of rotatable bonds is 5. The van der Waals surface area contributed by atoms with E-state index in [2.05, 4.69) is 16.9 Å². The number of ketones is 1. The molecule has 5 heteroatoms. The first kappa shape index (κ1) is 12.9. The van der Waals surface area contributed by atoms with Crippen LogP contribution in [0.1, 0.15) is 15.4 Å². The Morgan fingerprint density at radius 1 is 1.56 bits per heavy atom. The maximum absolute atomic E-state index is 12.0. The molecule has 0 aliphatic carbocycles. The lowest BCUT2D eigenvalue weighted by Crippen LogP contribution is -2.19. The number of likely N-dealkylation sites (N-methyl/N-ethyl adjacent to an activating group) is 1. The van der Waals surface area contributed by atoms with Crippen molar-refractivity contribution < 1.29 is 4.79 Å². The summed E-state index contributed by atoms with van der Waals surface area (Å²) in [5, 5.41) is 3.70. The summed E-state index contributed by atoms with van der Waals surface area (Å²) in [6, 6.07) is 0. The molecule has 16 heavy (non-hydrogen) atoms. The van der Waals surface area contributed by atoms with Crippen LogP contribution in [-0.4, -0.2) is 43.4 Å². The summed E-state index contributed by atoms with van der Waals surface area (Å²) in [5.41, 5.74) is 1.36. The van der Waals surface area contributed by atoms with E-state index < -0.39 is 0 Å². The molecular weight excluding hydrogens is 222 g/mol. The van der Waals surface area contributed by atoms with E-state index in [-0.39, 0.29) is 5.78 Å². The van der Waals surface area contributed by atoms with Crippen LogP contribution in [0.15, 0.2) is 12.2 Å². The largest absolute Gasteiger partial charge is 0.365 e. The molecule has 0 unspecified atom stereocenters. The lowest BCUT2D eigenvalue weighted by Gasteiger charge is -2.10. The van der Waals surface area contributed by atoms with Crippen LogP contribution < -0.4 is 5.32 Å². The van der Waals surface area contributed by atoms with Gasteiger partial charge in [0.25, 0.3) is 0 Å². The lowest BCUT2D eigenvalue weighted by molar-refractivity contribution is 0.103. The highest BCUT2D eigenvalue weighted by Crippen LogP contribution is 2.24. The van der Waals surface area contributed by atoms with Gasteiger partial charge in [-0.1, -0.05) is 17.9 Å². The van der Waals surface area contributed by atoms with Gasteiger partial charge in [0.1, 0.15) is 0 Å². The predicted molar refractivity (Wildman–Crippen MR) is 68.4 cm³/mol. The van der Waals surface area contributed by atoms with Crippen LogP contribution in [0.2, 0.25) is 0 Å². The van der Waals surface area contributed by atoms with Crippen molar-refractivity contribution in [3.05, 3.63) is 22.7 Å². The third-order valence-electron chi connectivity index (χ3n) is 2.04. The maximum atomic E-state index is 12.0. The standard InChI is InChI=1S/C11H17N3OS/c1-7(6-14(4)5)9(15)10-8(2)13-11(12-3)16-10/h1,6H2,2-5H3,(H,12,13). The summed E-state index contributed by atoms with van der Waals surface area (Å²) in [4.78, 5) is 18.9. The molecule has 1 aromatic rings. The summed E-state index contributed by atoms with van der Waals surface area (Å²) in [5.74, 6) is -0.00907. The minimum Gasteiger partial charge on any atom is -0.365 e. The lowest BCUT2D eigenvalue weighted by atomic mass is 10.1. The molecule has 1 rings (SSSR count). The summed E-state index contributed by atoms with van der Waals surface area (Å²) >= 11 is 1.37. The van der Waals surface area contributed by atoms with Crippen molar-refractivity contribution in [2.24, 2.45) is 0 Å². The van der Waals surface area contributed by atoms with Gasteiger partial charge in [-0.3, -0.25) is 4.79 Å². The molecule has 1 heterocycles. The predicted octanol–water partition coefficient (Wildman–Crippen LogP) is 1.79. The highest BCUT2D eigenvalue weighted by Gasteiger charge is 2.17. The van der Waals surface area contributed by atoms with Gasteiger partial charge in [0.05, 0.1) is 10.6 Å². The van der Waals surface area contributed by atoms with Crippen molar-refractivity contribution in [3.63, 3.8) is 0 Å². The van der Waals surface area contributed by atoms with Crippen LogP contribution in [0.4, 0.5) is 5.13 Å². The van der Waals surface area contributed by atoms with Gasteiger partial charge in [-0.2, -0.15) is 0 Å². The van der Waals surface area contributed by atoms with Crippen LogP contribution in [0.3, 0.4) is 0 Å². The second-order valence-corrected chi connectivity index (χ2v) is 4.85. The molecule has 0 saturated heterocycles. The molecule has 88 valence electrons. The smallest absolute Gasteiger partial charge is 0.201 e. The fourth-order valence-corrected chi connectivity index (χ4v) is 2.24. The first-order valence-electron chi connectivity index (χ1n) is 4.98. The van der Waals surface area contributed by atoms with Crippen molar-refractivity contribution in [2.45, 2.75) is 6.92 Å². The minimum atomic E-state index is -0.00907. The van der Waals surface area contributed by atoms with E-state index in [1.54, 1.807) is 7.05 Å². The number of hydrogen-bond donors (Lipinski definition) is 1. The van der Waals surface area contributed by atoms with Crippen LogP contribution >= 0.6 is 11.3 Å². The number of aromatic nitrogens is 1. The SMILES string of the molecule is C=C(CN(C)C)C(=O)c1sc(NC)nc1C. The molecule has 0 aliphatic rings. The Hall–Kier alpha value is -1.20. The van der Waals surface area contributed by atoms with E-state index in [1.807, 2.05) is 25.9 Å². The Kier molecular flexibility index (Phi) is 4.20. The quantitative estimate of drug-likeness (QED) is 0.628. The van der Waals surface area contributed by atoms with E-state index >= 15 is 0 Å². The Bertz CT molecular complexity index is 409. The number of Topliss-reactive ketones (excluding diaryl/α,β-unsaturated/α-hetero) is 1. The average Bonchev–Trinajstić information content (AvgIpc) is 2.57. The van der Waals surface area contributed by atoms with Gasteiger partial charge < -0.3 is 10.2 Å². The fourth-order valence-electron chi connectivity index (χ4n) is 1.33. The first-order valence-corrected chi connectivity index (χ1v) is 5.79. The number of nitrogens with zero attached hydrogens (tertiary/aromatic N) is 2. The highest BCUT2D eigenvalue weighted by atomic mass is 32.1. The zero-order valence-electron chi connectivity index (χ0n) is 10.1. The van der Waals surface area contributed by atoms with Crippen molar-refractivity contribution in [1.29, 1.82) is 0 Å². The molecule has 1 N–H and O–H groups in total. The number of anilines is 1. The molecule has 0 bridgehead atoms. The summed E-state index contributed by atoms with van der Waals surface area (Å²) in [6.07, 6.45) is 0. The molecule has 0 amide bonds. The molecule has 0 atom stereocenters. The minimum absolute atomic E-state index is 0.00907. The molecule has 0 aliphatic heterocycles. The van der Waals surface area contributed by atoms with Gasteiger partial charge in [-0.05, 0) is 21.0 Å². The molecule has 1 aromatic heterocycles. The van der Waals surface area contributed by atoms with E-state index in [9.17, 15) is 4.79 Å². The number of nitrogens with one attached hydrogen (secondary N) is 1. The van der Waals surface area contributed by atoms with Crippen molar-refractivity contribution in [1.82, 2.24) is 9.88 Å². The monoisotopic (exact) mass is 239 g/mol. The first-order chi connectivity index (χ1) is 7.45. The average molecular weight is 239 g/mol. The molecule has 0 aromatic carbocycles. The van der Waals surface area contributed by atoms with Gasteiger partial charge in [-0.25, -0.2) is 4.98 Å². The van der Waals surface area contributed by atoms with Gasteiger partial charge in [-0.15, -0.1) is 0 Å². The Labute approximate surface area is 100.0 Å². The Morgan fingerprint density at radius 3 is 2.62 bits per heavy atom. The third-order valence-corrected chi connectivity index (χ3v) is 3.22. The van der Waals surface area contributed by atoms with Crippen LogP contribution in [0.5, 0.6) is 0 Å². The second-order valence-electron chi connectivity index (χ2n) is 3.85. The van der Waals surface area contributed by atoms with E-state index in [0.29, 0.717) is 17.0 Å². The highest BCUT2D eigenvalue weighted by molar-refractivity contribution is 7.17. The Morgan fingerprint density at radius 2 is 2.19 bits per heavy atom. The van der Waals surface area contributed by atoms with Gasteiger partial charge in [0.15, 0.2) is 5.13 Å². The van der Waals surface area contributed by atoms with E-state index in [0.717, 1.165) is 10.8 Å².